The number of hydrazine groups is 3. The van der Waals surface area contributed by atoms with Crippen molar-refractivity contribution in [2.24, 2.45) is 5.84 Å². The zero-order valence-electron chi connectivity index (χ0n) is 74.0. The molecule has 32 nitrogen and oxygen atoms in total. The second-order valence-electron chi connectivity index (χ2n) is 32.9. The molecule has 720 valence electrons. The molecule has 0 aliphatic heterocycles. The Balaban J connectivity index is 0.000000305. The third-order valence-electron chi connectivity index (χ3n) is 18.0. The molecule has 0 radical (unpaired) electrons. The number of hydrogen-bond acceptors (Lipinski definition) is 24. The molecule has 0 aliphatic rings. The van der Waals surface area contributed by atoms with Crippen LogP contribution in [0.15, 0.2) is 170 Å². The summed E-state index contributed by atoms with van der Waals surface area (Å²) in [7, 11) is -23.1. The number of sulfone groups is 2. The molecule has 0 saturated carbocycles. The SMILES string of the molecule is CC(C)(C)c1ccc(S(=O)(=O)Nc2cc(F)c(Cl)cc2-c2nnc(CCS(C)(=O)=O)o2)cc1.CC(C)(C)c1ccc(S(=O)(=O)Nc2cc(F)c(Cl)cc2C(=O)NN)cc1.CC(C)(C)c1ccc(S(=O)(=O)Nc2cc(F)c(Cl)cc2C(=O)NNC(=O)CCS(C)(=O)=O)cc1.CSCCC(=O)NNC(=O)c1cc(Cl)c(F)cc1NS(=O)(=O)c1ccc(C(C)(C)C)cc1.CSCCC(=O)O. The van der Waals surface area contributed by atoms with Gasteiger partial charge in [0.1, 0.15) is 42.9 Å². The summed E-state index contributed by atoms with van der Waals surface area (Å²) in [5, 5.41) is 14.2. The van der Waals surface area contributed by atoms with Gasteiger partial charge in [-0.1, -0.05) is 178 Å². The van der Waals surface area contributed by atoms with Gasteiger partial charge in [0.15, 0.2) is 0 Å². The number of amides is 5. The molecule has 9 rings (SSSR count). The van der Waals surface area contributed by atoms with Crippen LogP contribution in [0.25, 0.3) is 11.5 Å². The van der Waals surface area contributed by atoms with E-state index in [0.29, 0.717) is 5.75 Å². The summed E-state index contributed by atoms with van der Waals surface area (Å²) in [6, 6.07) is 32.3. The summed E-state index contributed by atoms with van der Waals surface area (Å²) >= 11 is 26.1. The topological polar surface area (TPSA) is 501 Å². The maximum absolute atomic E-state index is 14.2. The average Bonchev–Trinajstić information content (AvgIpc) is 1.24. The molecule has 132 heavy (non-hydrogen) atoms. The van der Waals surface area contributed by atoms with Gasteiger partial charge in [0.2, 0.25) is 23.6 Å². The monoisotopic (exact) mass is 2070 g/mol. The summed E-state index contributed by atoms with van der Waals surface area (Å²) in [6.07, 6.45) is 5.77. The van der Waals surface area contributed by atoms with Crippen molar-refractivity contribution in [1.29, 1.82) is 0 Å². The first-order chi connectivity index (χ1) is 60.7. The normalized spacial score (nSPS) is 11.9. The number of halogens is 8. The number of carboxylic acids is 1. The fourth-order valence-corrected chi connectivity index (χ4v) is 17.4. The highest BCUT2D eigenvalue weighted by Crippen LogP contribution is 2.37. The molecular formula is C84H100Cl4F4N12O20S8. The highest BCUT2D eigenvalue weighted by molar-refractivity contribution is 7.98. The molecule has 5 amide bonds. The van der Waals surface area contributed by atoms with E-state index >= 15 is 0 Å². The van der Waals surface area contributed by atoms with Crippen molar-refractivity contribution in [3.05, 3.63) is 234 Å². The van der Waals surface area contributed by atoms with Gasteiger partial charge in [-0.05, 0) is 129 Å². The van der Waals surface area contributed by atoms with Gasteiger partial charge in [-0.2, -0.15) is 23.5 Å². The first kappa shape index (κ1) is 113. The molecule has 48 heteroatoms. The van der Waals surface area contributed by atoms with Crippen molar-refractivity contribution in [1.82, 2.24) is 37.3 Å². The highest BCUT2D eigenvalue weighted by Gasteiger charge is 2.30. The zero-order chi connectivity index (χ0) is 100. The van der Waals surface area contributed by atoms with Crippen molar-refractivity contribution < 1.29 is 106 Å². The number of rotatable bonds is 28. The molecule has 0 fully saturated rings. The molecule has 0 atom stereocenters. The minimum Gasteiger partial charge on any atom is -0.481 e. The minimum absolute atomic E-state index is 0.0174. The van der Waals surface area contributed by atoms with Crippen LogP contribution in [0.5, 0.6) is 0 Å². The number of anilines is 4. The number of hydrogen-bond donors (Lipinski definition) is 11. The van der Waals surface area contributed by atoms with E-state index in [1.54, 1.807) is 60.3 Å². The van der Waals surface area contributed by atoms with Crippen LogP contribution in [0, 0.1) is 23.3 Å². The number of aromatic nitrogens is 2. The molecule has 0 spiro atoms. The number of nitrogens with zero attached hydrogens (tertiary/aromatic N) is 2. The van der Waals surface area contributed by atoms with Crippen molar-refractivity contribution in [3.8, 4) is 11.5 Å². The van der Waals surface area contributed by atoms with Crippen LogP contribution in [-0.2, 0) is 102 Å². The standard InChI is InChI=1S/C21H25ClFN3O6S2.C21H23ClFN3O5S2.C21H25ClFN3O4S2.C17H19ClFN3O3S.C4H8O2S/c1-21(2,3)13-5-7-14(8-6-13)34(31,32)26-18-12-17(23)16(22)11-15(18)20(28)25-24-19(27)9-10-33(4,29)30;1-21(2,3)13-5-7-14(8-6-13)33(29,30)26-18-12-17(23)16(22)11-15(18)20-25-24-19(31-20)9-10-32(4,27)28;1-21(2,3)13-5-7-14(8-6-13)32(29,30)26-18-12-17(23)16(22)11-15(18)20(28)25-24-19(27)9-10-31-4;1-17(2,3)10-4-6-11(7-5-10)26(24,25)22-15-9-14(19)13(18)8-12(15)16(23)21-20;1-7-3-2-4(5)6/h5-8,11-12,26H,9-10H2,1-4H3,(H,24,27)(H,25,28);5-8,11-12,26H,9-10H2,1-4H3;5-8,11-12,26H,9-10H2,1-4H3,(H,24,27)(H,25,28);4-9,22H,20H2,1-3H3,(H,21,23);2-3H2,1H3,(H,5,6). The second-order valence-corrected chi connectivity index (χ2v) is 47.7. The number of aliphatic carboxylic acids is 1. The van der Waals surface area contributed by atoms with Gasteiger partial charge in [0.05, 0.1) is 103 Å². The maximum atomic E-state index is 14.2. The molecule has 1 heterocycles. The Morgan fingerprint density at radius 1 is 0.394 bits per heavy atom. The van der Waals surface area contributed by atoms with Crippen LogP contribution in [0.4, 0.5) is 40.3 Å². The lowest BCUT2D eigenvalue weighted by molar-refractivity contribution is -0.136. The van der Waals surface area contributed by atoms with Gasteiger partial charge in [-0.25, -0.2) is 73.9 Å². The second kappa shape index (κ2) is 47.4. The molecule has 0 aliphatic carbocycles. The largest absolute Gasteiger partial charge is 0.481 e. The van der Waals surface area contributed by atoms with Gasteiger partial charge < -0.3 is 9.52 Å². The highest BCUT2D eigenvalue weighted by atomic mass is 35.5. The van der Waals surface area contributed by atoms with Crippen LogP contribution >= 0.6 is 69.9 Å². The predicted octanol–water partition coefficient (Wildman–Crippen LogP) is 15.1. The number of benzene rings is 8. The van der Waals surface area contributed by atoms with E-state index in [4.69, 9.17) is 61.8 Å². The number of nitrogen functional groups attached to an aromatic ring is 1. The predicted molar refractivity (Wildman–Crippen MR) is 507 cm³/mol. The van der Waals surface area contributed by atoms with Crippen LogP contribution < -0.4 is 51.9 Å². The van der Waals surface area contributed by atoms with Crippen molar-refractivity contribution in [3.63, 3.8) is 0 Å². The lowest BCUT2D eigenvalue weighted by Gasteiger charge is -2.19. The molecule has 1 aromatic heterocycles. The number of thioether (sulfide) groups is 2. The zero-order valence-corrected chi connectivity index (χ0v) is 83.5. The lowest BCUT2D eigenvalue weighted by atomic mass is 9.87. The van der Waals surface area contributed by atoms with E-state index in [0.717, 1.165) is 89.0 Å². The Morgan fingerprint density at radius 3 is 0.955 bits per heavy atom. The Bertz CT molecular complexity index is 6420. The number of carbonyl (C=O) groups is 6. The van der Waals surface area contributed by atoms with E-state index in [1.165, 1.54) is 60.3 Å². The van der Waals surface area contributed by atoms with E-state index in [-0.39, 0.29) is 132 Å². The Hall–Kier alpha value is -9.84. The third kappa shape index (κ3) is 35.5. The maximum Gasteiger partial charge on any atom is 0.304 e. The number of carboxylic acid groups (broad SMARTS) is 1. The Morgan fingerprint density at radius 2 is 0.674 bits per heavy atom. The Labute approximate surface area is 793 Å². The fourth-order valence-electron chi connectivity index (χ4n) is 10.6. The minimum atomic E-state index is -4.21. The first-order valence-corrected chi connectivity index (χ1v) is 53.1. The van der Waals surface area contributed by atoms with Gasteiger partial charge in [-0.15, -0.1) is 10.2 Å². The van der Waals surface area contributed by atoms with Gasteiger partial charge in [0.25, 0.3) is 57.8 Å². The molecule has 9 aromatic rings. The lowest BCUT2D eigenvalue weighted by Crippen LogP contribution is -2.42. The number of nitrogens with one attached hydrogen (secondary N) is 9. The smallest absolute Gasteiger partial charge is 0.304 e. The summed E-state index contributed by atoms with van der Waals surface area (Å²) in [5.41, 5.74) is 11.5. The number of nitrogens with two attached hydrogens (primary N) is 1. The molecule has 12 N–H and O–H groups in total. The summed E-state index contributed by atoms with van der Waals surface area (Å²) < 4.78 is 218. The molecular weight excluding hydrogens is 1970 g/mol. The van der Waals surface area contributed by atoms with Crippen molar-refractivity contribution in [2.45, 2.75) is 150 Å². The molecule has 8 aromatic carbocycles. The van der Waals surface area contributed by atoms with Crippen LogP contribution in [0.2, 0.25) is 20.1 Å². The third-order valence-corrected chi connectivity index (χ3v) is 27.8. The van der Waals surface area contributed by atoms with E-state index < -0.39 is 141 Å². The van der Waals surface area contributed by atoms with Crippen molar-refractivity contribution in [2.75, 3.05) is 66.9 Å². The van der Waals surface area contributed by atoms with E-state index in [1.807, 2.05) is 112 Å². The van der Waals surface area contributed by atoms with Gasteiger partial charge in [-0.3, -0.25) is 74.8 Å². The molecule has 0 bridgehead atoms. The number of aryl methyl sites for hydroxylation is 1. The molecule has 0 saturated heterocycles. The fraction of sp³-hybridized carbons (Fsp3) is 0.333. The quantitative estimate of drug-likeness (QED) is 0.00939. The number of carbonyl (C=O) groups excluding carboxylic acids is 5. The van der Waals surface area contributed by atoms with Gasteiger partial charge >= 0.3 is 5.97 Å². The van der Waals surface area contributed by atoms with Gasteiger partial charge in [0, 0.05) is 67.5 Å². The average molecular weight is 2070 g/mol. The molecule has 0 unspecified atom stereocenters. The summed E-state index contributed by atoms with van der Waals surface area (Å²) in [6.45, 7) is 23.9. The van der Waals surface area contributed by atoms with Crippen LogP contribution in [-0.4, -0.2) is 149 Å². The Kier molecular flexibility index (Phi) is 40.4. The van der Waals surface area contributed by atoms with Crippen molar-refractivity contribution >= 4 is 188 Å². The van der Waals surface area contributed by atoms with E-state index in [9.17, 15) is 96.8 Å². The summed E-state index contributed by atoms with van der Waals surface area (Å²) in [5.74, 6) is -2.61. The van der Waals surface area contributed by atoms with Crippen LogP contribution in [0.1, 0.15) is 162 Å². The van der Waals surface area contributed by atoms with Crippen LogP contribution in [0.3, 0.4) is 0 Å². The summed E-state index contributed by atoms with van der Waals surface area (Å²) in [4.78, 5) is 69.9. The first-order valence-electron chi connectivity index (χ1n) is 38.8. The van der Waals surface area contributed by atoms with E-state index in [2.05, 4.69) is 39.9 Å². The number of sulfonamides is 4.